The molecule has 1 unspecified atom stereocenters. The second-order valence-corrected chi connectivity index (χ2v) is 10.7. The number of aromatic hydroxyl groups is 2. The predicted octanol–water partition coefficient (Wildman–Crippen LogP) is 0.790. The van der Waals surface area contributed by atoms with Crippen LogP contribution in [0.5, 0.6) is 17.2 Å². The van der Waals surface area contributed by atoms with Crippen LogP contribution in [0.1, 0.15) is 75.8 Å². The van der Waals surface area contributed by atoms with E-state index in [-0.39, 0.29) is 34.4 Å². The lowest BCUT2D eigenvalue weighted by atomic mass is 9.73. The Balaban J connectivity index is 1.65. The van der Waals surface area contributed by atoms with Gasteiger partial charge in [-0.25, -0.2) is 4.79 Å². The average Bonchev–Trinajstić information content (AvgIpc) is 2.94. The minimum Gasteiger partial charge on any atom is -0.507 e. The van der Waals surface area contributed by atoms with Crippen molar-refractivity contribution >= 4 is 23.4 Å². The normalized spacial score (nSPS) is 28.3. The van der Waals surface area contributed by atoms with Gasteiger partial charge in [0.15, 0.2) is 17.7 Å². The van der Waals surface area contributed by atoms with Crippen molar-refractivity contribution in [3.63, 3.8) is 0 Å². The molecule has 2 aromatic carbocycles. The Morgan fingerprint density at radius 1 is 1.07 bits per heavy atom. The highest BCUT2D eigenvalue weighted by atomic mass is 16.7. The molecule has 2 aromatic rings. The van der Waals surface area contributed by atoms with Gasteiger partial charge in [-0.3, -0.25) is 14.4 Å². The number of phenolic OH excluding ortho intramolecular Hbond substituents is 2. The maximum absolute atomic E-state index is 13.7. The van der Waals surface area contributed by atoms with Gasteiger partial charge < -0.3 is 44.7 Å². The number of amides is 1. The van der Waals surface area contributed by atoms with Crippen LogP contribution >= 0.6 is 0 Å². The summed E-state index contributed by atoms with van der Waals surface area (Å²) < 4.78 is 22.0. The molecule has 1 heterocycles. The van der Waals surface area contributed by atoms with E-state index in [4.69, 9.17) is 18.9 Å². The summed E-state index contributed by atoms with van der Waals surface area (Å²) in [6.07, 6.45) is -5.48. The van der Waals surface area contributed by atoms with Gasteiger partial charge in [-0.15, -0.1) is 0 Å². The Bertz CT molecular complexity index is 1500. The molecule has 1 aliphatic heterocycles. The predicted molar refractivity (Wildman–Crippen MR) is 141 cm³/mol. The molecular formula is C29H31NO12. The van der Waals surface area contributed by atoms with Crippen molar-refractivity contribution in [2.24, 2.45) is 0 Å². The van der Waals surface area contributed by atoms with Crippen molar-refractivity contribution in [2.75, 3.05) is 14.2 Å². The van der Waals surface area contributed by atoms with E-state index in [9.17, 15) is 39.6 Å². The quantitative estimate of drug-likeness (QED) is 0.209. The summed E-state index contributed by atoms with van der Waals surface area (Å²) in [4.78, 5) is 51.7. The smallest absolute Gasteiger partial charge is 0.338 e. The highest BCUT2D eigenvalue weighted by Crippen LogP contribution is 2.52. The molecule has 5 N–H and O–H groups in total. The molecule has 3 aliphatic rings. The molecule has 13 heteroatoms. The molecule has 1 fully saturated rings. The van der Waals surface area contributed by atoms with Crippen LogP contribution in [0.25, 0.3) is 0 Å². The van der Waals surface area contributed by atoms with E-state index in [2.05, 4.69) is 5.32 Å². The number of methoxy groups -OCH3 is 2. The zero-order chi connectivity index (χ0) is 30.7. The first-order valence-corrected chi connectivity index (χ1v) is 13.3. The topological polar surface area (TPSA) is 198 Å². The molecule has 0 bridgehead atoms. The number of ketones is 2. The lowest BCUT2D eigenvalue weighted by molar-refractivity contribution is -0.250. The van der Waals surface area contributed by atoms with Crippen molar-refractivity contribution in [1.82, 2.24) is 5.32 Å². The summed E-state index contributed by atoms with van der Waals surface area (Å²) in [6.45, 7) is 2.84. The molecule has 1 amide bonds. The Morgan fingerprint density at radius 3 is 2.40 bits per heavy atom. The van der Waals surface area contributed by atoms with Crippen LogP contribution in [0.2, 0.25) is 0 Å². The second kappa shape index (κ2) is 10.7. The third-order valence-electron chi connectivity index (χ3n) is 8.05. The van der Waals surface area contributed by atoms with Gasteiger partial charge >= 0.3 is 5.97 Å². The fourth-order valence-electron chi connectivity index (χ4n) is 6.11. The number of hydrogen-bond acceptors (Lipinski definition) is 12. The first-order valence-electron chi connectivity index (χ1n) is 13.3. The lowest BCUT2D eigenvalue weighted by Crippen LogP contribution is -2.55. The third kappa shape index (κ3) is 4.58. The van der Waals surface area contributed by atoms with Crippen molar-refractivity contribution in [2.45, 2.75) is 69.4 Å². The first-order chi connectivity index (χ1) is 19.8. The van der Waals surface area contributed by atoms with Crippen LogP contribution in [0.3, 0.4) is 0 Å². The SMILES string of the molecule is COC(=O)[C@@]1(O)Cc2c(O)c3c(c(O)c2[C@@H](O[C@H]2CC(NC(C)=O)[C@H](O)[C@H](C)O2)C1)C(=O)c1c(OC)cccc1C3=O. The average molecular weight is 586 g/mol. The van der Waals surface area contributed by atoms with Crippen molar-refractivity contribution < 1.29 is 58.6 Å². The third-order valence-corrected chi connectivity index (χ3v) is 8.05. The van der Waals surface area contributed by atoms with E-state index in [0.717, 1.165) is 7.11 Å². The number of carbonyl (C=O) groups excluding carboxylic acids is 4. The zero-order valence-electron chi connectivity index (χ0n) is 23.3. The number of rotatable bonds is 5. The molecule has 0 radical (unpaired) electrons. The number of phenols is 2. The Hall–Kier alpha value is -4.04. The number of ether oxygens (including phenoxy) is 4. The van der Waals surface area contributed by atoms with Gasteiger partial charge in [0.1, 0.15) is 23.4 Å². The highest BCUT2D eigenvalue weighted by molar-refractivity contribution is 6.31. The van der Waals surface area contributed by atoms with Crippen molar-refractivity contribution in [1.29, 1.82) is 0 Å². The molecule has 13 nitrogen and oxygen atoms in total. The van der Waals surface area contributed by atoms with E-state index >= 15 is 0 Å². The second-order valence-electron chi connectivity index (χ2n) is 10.7. The van der Waals surface area contributed by atoms with E-state index in [0.29, 0.717) is 0 Å². The van der Waals surface area contributed by atoms with Gasteiger partial charge in [-0.05, 0) is 13.0 Å². The van der Waals surface area contributed by atoms with Crippen LogP contribution in [0.4, 0.5) is 0 Å². The molecule has 224 valence electrons. The van der Waals surface area contributed by atoms with E-state index < -0.39 is 95.2 Å². The molecule has 5 rings (SSSR count). The molecule has 1 saturated heterocycles. The van der Waals surface area contributed by atoms with Crippen molar-refractivity contribution in [3.8, 4) is 17.2 Å². The van der Waals surface area contributed by atoms with E-state index in [1.54, 1.807) is 6.92 Å². The summed E-state index contributed by atoms with van der Waals surface area (Å²) >= 11 is 0. The number of aliphatic hydroxyl groups is 2. The van der Waals surface area contributed by atoms with Crippen LogP contribution < -0.4 is 10.1 Å². The van der Waals surface area contributed by atoms with Gasteiger partial charge in [0.05, 0.1) is 49.2 Å². The van der Waals surface area contributed by atoms with Gasteiger partial charge in [0.2, 0.25) is 11.7 Å². The summed E-state index contributed by atoms with van der Waals surface area (Å²) in [6, 6.07) is 3.59. The van der Waals surface area contributed by atoms with Crippen LogP contribution in [-0.4, -0.2) is 88.2 Å². The fraction of sp³-hybridized carbons (Fsp3) is 0.448. The molecule has 0 aromatic heterocycles. The standard InChI is InChI=1S/C29H31NO12/c1-11-23(32)15(30-12(2)31)8-18(41-11)42-17-10-29(38,28(37)40-4)9-14-20(17)27(36)22-21(25(14)34)24(33)13-6-5-7-16(39-3)19(13)26(22)35/h5-7,11,15,17-18,23,32,34,36,38H,8-10H2,1-4H3,(H,30,31)/t11-,15?,17-,18-,23+,29+/m0/s1. The molecule has 0 saturated carbocycles. The van der Waals surface area contributed by atoms with Crippen LogP contribution in [-0.2, 0) is 30.2 Å². The zero-order valence-corrected chi connectivity index (χ0v) is 23.3. The van der Waals surface area contributed by atoms with Crippen molar-refractivity contribution in [3.05, 3.63) is 51.6 Å². The number of fused-ring (bicyclic) bond motifs is 3. The number of benzene rings is 2. The van der Waals surface area contributed by atoms with E-state index in [1.807, 2.05) is 0 Å². The van der Waals surface area contributed by atoms with E-state index in [1.165, 1.54) is 32.2 Å². The number of carbonyl (C=O) groups is 4. The summed E-state index contributed by atoms with van der Waals surface area (Å²) in [7, 11) is 2.38. The molecular weight excluding hydrogens is 554 g/mol. The number of esters is 1. The molecule has 42 heavy (non-hydrogen) atoms. The molecule has 2 aliphatic carbocycles. The number of hydrogen-bond donors (Lipinski definition) is 5. The Labute approximate surface area is 240 Å². The highest BCUT2D eigenvalue weighted by Gasteiger charge is 2.51. The lowest BCUT2D eigenvalue weighted by Gasteiger charge is -2.42. The van der Waals surface area contributed by atoms with Crippen LogP contribution in [0.15, 0.2) is 18.2 Å². The minimum atomic E-state index is -2.26. The summed E-state index contributed by atoms with van der Waals surface area (Å²) in [5, 5.41) is 47.5. The summed E-state index contributed by atoms with van der Waals surface area (Å²) in [5.41, 5.74) is -3.69. The van der Waals surface area contributed by atoms with Gasteiger partial charge in [-0.2, -0.15) is 0 Å². The first kappa shape index (κ1) is 29.5. The maximum atomic E-state index is 13.7. The monoisotopic (exact) mass is 585 g/mol. The largest absolute Gasteiger partial charge is 0.507 e. The summed E-state index contributed by atoms with van der Waals surface area (Å²) in [5.74, 6) is -4.29. The molecule has 0 spiro atoms. The number of aliphatic hydroxyl groups excluding tert-OH is 1. The Kier molecular flexibility index (Phi) is 7.47. The molecule has 6 atom stereocenters. The number of nitrogens with one attached hydrogen (secondary N) is 1. The fourth-order valence-corrected chi connectivity index (χ4v) is 6.11. The van der Waals surface area contributed by atoms with Gasteiger partial charge in [0, 0.05) is 42.9 Å². The van der Waals surface area contributed by atoms with Crippen LogP contribution in [0, 0.1) is 0 Å². The van der Waals surface area contributed by atoms with Gasteiger partial charge in [0.25, 0.3) is 0 Å². The minimum absolute atomic E-state index is 0.0484. The Morgan fingerprint density at radius 2 is 1.76 bits per heavy atom. The van der Waals surface area contributed by atoms with Gasteiger partial charge in [-0.1, -0.05) is 12.1 Å². The maximum Gasteiger partial charge on any atom is 0.338 e.